The van der Waals surface area contributed by atoms with Crippen molar-refractivity contribution in [3.63, 3.8) is 0 Å². The van der Waals surface area contributed by atoms with Gasteiger partial charge < -0.3 is 33.2 Å². The summed E-state index contributed by atoms with van der Waals surface area (Å²) in [5.41, 5.74) is 0.561. The summed E-state index contributed by atoms with van der Waals surface area (Å²) in [7, 11) is 0. The summed E-state index contributed by atoms with van der Waals surface area (Å²) in [5.74, 6) is -2.69. The number of benzene rings is 2. The van der Waals surface area contributed by atoms with Crippen molar-refractivity contribution < 1.29 is 57.1 Å². The number of esters is 4. The van der Waals surface area contributed by atoms with Gasteiger partial charge in [-0.25, -0.2) is 4.79 Å². The van der Waals surface area contributed by atoms with E-state index in [1.54, 1.807) is 39.0 Å². The Morgan fingerprint density at radius 2 is 1.46 bits per heavy atom. The van der Waals surface area contributed by atoms with Crippen LogP contribution in [0.1, 0.15) is 59.9 Å². The molecule has 0 unspecified atom stereocenters. The molecule has 0 radical (unpaired) electrons. The Labute approximate surface area is 271 Å². The molecule has 1 amide bonds. The summed E-state index contributed by atoms with van der Waals surface area (Å²) >= 11 is 6.39. The number of fused-ring (bicyclic) bond motifs is 3. The van der Waals surface area contributed by atoms with Crippen LogP contribution in [0.25, 0.3) is 10.8 Å². The number of rotatable bonds is 8. The lowest BCUT2D eigenvalue weighted by Gasteiger charge is -2.44. The van der Waals surface area contributed by atoms with Crippen LogP contribution in [0.15, 0.2) is 30.3 Å². The molecule has 2 heterocycles. The molecule has 2 aromatic carbocycles. The zero-order valence-corrected chi connectivity index (χ0v) is 27.5. The van der Waals surface area contributed by atoms with Crippen LogP contribution in [0.5, 0.6) is 5.75 Å². The fourth-order valence-electron chi connectivity index (χ4n) is 5.53. The zero-order chi connectivity index (χ0) is 33.9. The average molecular weight is 664 g/mol. The van der Waals surface area contributed by atoms with Gasteiger partial charge in [0.1, 0.15) is 24.1 Å². The number of carbonyl (C=O) groups excluding carboxylic acids is 5. The third kappa shape index (κ3) is 8.00. The van der Waals surface area contributed by atoms with Gasteiger partial charge in [-0.2, -0.15) is 0 Å². The van der Waals surface area contributed by atoms with E-state index in [4.69, 9.17) is 44.8 Å². The number of hydrogen-bond donors (Lipinski definition) is 0. The normalized spacial score (nSPS) is 24.0. The molecule has 0 N–H and O–H groups in total. The molecule has 0 spiro atoms. The highest BCUT2D eigenvalue weighted by atomic mass is 35.5. The molecule has 0 aromatic heterocycles. The van der Waals surface area contributed by atoms with Crippen molar-refractivity contribution in [3.05, 3.63) is 35.9 Å². The van der Waals surface area contributed by atoms with Crippen LogP contribution in [0.4, 0.5) is 10.5 Å². The van der Waals surface area contributed by atoms with Gasteiger partial charge in [0, 0.05) is 57.5 Å². The standard InChI is InChI=1S/C32H38ClNO12/c1-16(35)40-15-25-27(41-17(2)36)28(42-18(3)37)29(43-19(4)38)30(45-25)44-24-12-23-26(22-11-9-8-10-21(22)24)20(13-33)14-34(23)31(39)46-32(5,6)7/h8-12,20,25,27-30H,13-15H2,1-7H3/t20-,25-,27+,28+,29-,30-/m1/s1. The van der Waals surface area contributed by atoms with E-state index in [0.29, 0.717) is 11.1 Å². The largest absolute Gasteiger partial charge is 0.463 e. The Hall–Kier alpha value is -4.10. The zero-order valence-electron chi connectivity index (χ0n) is 26.7. The van der Waals surface area contributed by atoms with Crippen LogP contribution in [-0.4, -0.2) is 85.3 Å². The van der Waals surface area contributed by atoms with Crippen LogP contribution in [-0.2, 0) is 47.6 Å². The van der Waals surface area contributed by atoms with E-state index in [0.717, 1.165) is 31.7 Å². The van der Waals surface area contributed by atoms with Crippen molar-refractivity contribution in [2.45, 2.75) is 90.7 Å². The average Bonchev–Trinajstić information content (AvgIpc) is 3.32. The maximum Gasteiger partial charge on any atom is 0.414 e. The van der Waals surface area contributed by atoms with Crippen molar-refractivity contribution in [1.29, 1.82) is 0 Å². The van der Waals surface area contributed by atoms with Crippen LogP contribution in [0.3, 0.4) is 0 Å². The van der Waals surface area contributed by atoms with Gasteiger partial charge in [0.2, 0.25) is 12.4 Å². The van der Waals surface area contributed by atoms with Crippen LogP contribution in [0, 0.1) is 0 Å². The Kier molecular flexibility index (Phi) is 10.7. The molecular weight excluding hydrogens is 626 g/mol. The minimum absolute atomic E-state index is 0.214. The molecule has 1 fully saturated rings. The second-order valence-corrected chi connectivity index (χ2v) is 12.3. The summed E-state index contributed by atoms with van der Waals surface area (Å²) in [6.07, 6.45) is -7.44. The lowest BCUT2D eigenvalue weighted by molar-refractivity contribution is -0.288. The quantitative estimate of drug-likeness (QED) is 0.224. The van der Waals surface area contributed by atoms with Gasteiger partial charge in [0.15, 0.2) is 12.2 Å². The number of amides is 1. The lowest BCUT2D eigenvalue weighted by Crippen LogP contribution is -2.63. The fraction of sp³-hybridized carbons (Fsp3) is 0.531. The summed E-state index contributed by atoms with van der Waals surface area (Å²) in [5, 5.41) is 1.37. The highest BCUT2D eigenvalue weighted by molar-refractivity contribution is 6.19. The molecule has 13 nitrogen and oxygen atoms in total. The van der Waals surface area contributed by atoms with E-state index in [2.05, 4.69) is 0 Å². The molecule has 0 bridgehead atoms. The number of carbonyl (C=O) groups is 5. The van der Waals surface area contributed by atoms with Gasteiger partial charge in [-0.3, -0.25) is 24.1 Å². The first-order valence-corrected chi connectivity index (χ1v) is 15.2. The predicted octanol–water partition coefficient (Wildman–Crippen LogP) is 4.38. The third-order valence-electron chi connectivity index (χ3n) is 7.12. The molecule has 6 atom stereocenters. The first-order valence-electron chi connectivity index (χ1n) is 14.7. The second kappa shape index (κ2) is 14.1. The first-order chi connectivity index (χ1) is 21.6. The SMILES string of the molecule is CC(=O)OC[C@H]1O[C@@H](Oc2cc3c(c4ccccc24)[C@H](CCl)CN3C(=O)OC(C)(C)C)[C@H](OC(C)=O)[C@@H](OC(C)=O)[C@H]1OC(C)=O. The van der Waals surface area contributed by atoms with E-state index in [-0.39, 0.29) is 24.1 Å². The minimum Gasteiger partial charge on any atom is -0.463 e. The first kappa shape index (κ1) is 34.8. The van der Waals surface area contributed by atoms with Crippen LogP contribution >= 0.6 is 11.6 Å². The van der Waals surface area contributed by atoms with Gasteiger partial charge in [-0.15, -0.1) is 11.6 Å². The maximum absolute atomic E-state index is 13.3. The molecule has 2 aliphatic heterocycles. The fourth-order valence-corrected chi connectivity index (χ4v) is 5.79. The number of ether oxygens (including phenoxy) is 7. The number of halogens is 1. The molecule has 0 aliphatic carbocycles. The second-order valence-electron chi connectivity index (χ2n) is 12.0. The monoisotopic (exact) mass is 663 g/mol. The summed E-state index contributed by atoms with van der Waals surface area (Å²) in [6.45, 7) is 9.74. The summed E-state index contributed by atoms with van der Waals surface area (Å²) in [4.78, 5) is 63.2. The number of alkyl halides is 1. The summed E-state index contributed by atoms with van der Waals surface area (Å²) < 4.78 is 40.0. The Bertz CT molecular complexity index is 1500. The number of nitrogens with zero attached hydrogens (tertiary/aromatic N) is 1. The molecule has 2 aromatic rings. The van der Waals surface area contributed by atoms with Crippen molar-refractivity contribution in [2.75, 3.05) is 23.9 Å². The van der Waals surface area contributed by atoms with Crippen molar-refractivity contribution in [3.8, 4) is 5.75 Å². The molecule has 2 aliphatic rings. The smallest absolute Gasteiger partial charge is 0.414 e. The van der Waals surface area contributed by atoms with Crippen molar-refractivity contribution >= 4 is 58.0 Å². The topological polar surface area (TPSA) is 153 Å². The molecule has 4 rings (SSSR count). The Morgan fingerprint density at radius 3 is 2.02 bits per heavy atom. The molecule has 14 heteroatoms. The van der Waals surface area contributed by atoms with Crippen LogP contribution in [0.2, 0.25) is 0 Å². The third-order valence-corrected chi connectivity index (χ3v) is 7.49. The van der Waals surface area contributed by atoms with Gasteiger partial charge in [-0.05, 0) is 31.7 Å². The summed E-state index contributed by atoms with van der Waals surface area (Å²) in [6, 6.07) is 8.94. The highest BCUT2D eigenvalue weighted by Crippen LogP contribution is 2.46. The maximum atomic E-state index is 13.3. The van der Waals surface area contributed by atoms with E-state index < -0.39 is 72.9 Å². The molecule has 46 heavy (non-hydrogen) atoms. The van der Waals surface area contributed by atoms with Gasteiger partial charge >= 0.3 is 30.0 Å². The van der Waals surface area contributed by atoms with E-state index in [1.807, 2.05) is 12.1 Å². The minimum atomic E-state index is -1.47. The van der Waals surface area contributed by atoms with Crippen molar-refractivity contribution in [1.82, 2.24) is 0 Å². The van der Waals surface area contributed by atoms with Crippen LogP contribution < -0.4 is 9.64 Å². The molecular formula is C32H38ClNO12. The predicted molar refractivity (Wildman–Crippen MR) is 164 cm³/mol. The number of anilines is 1. The lowest BCUT2D eigenvalue weighted by atomic mass is 9.95. The van der Waals surface area contributed by atoms with E-state index in [9.17, 15) is 24.0 Å². The molecule has 1 saturated heterocycles. The van der Waals surface area contributed by atoms with E-state index >= 15 is 0 Å². The van der Waals surface area contributed by atoms with Gasteiger partial charge in [-0.1, -0.05) is 24.3 Å². The molecule has 250 valence electrons. The highest BCUT2D eigenvalue weighted by Gasteiger charge is 2.53. The van der Waals surface area contributed by atoms with Crippen molar-refractivity contribution in [2.24, 2.45) is 0 Å². The van der Waals surface area contributed by atoms with Gasteiger partial charge in [0.25, 0.3) is 0 Å². The Morgan fingerprint density at radius 1 is 0.870 bits per heavy atom. The number of hydrogen-bond acceptors (Lipinski definition) is 12. The molecule has 0 saturated carbocycles. The van der Waals surface area contributed by atoms with E-state index in [1.165, 1.54) is 11.8 Å². The van der Waals surface area contributed by atoms with Gasteiger partial charge in [0.05, 0.1) is 5.69 Å². The Balaban J connectivity index is 1.84.